The third-order valence-corrected chi connectivity index (χ3v) is 19.0. The van der Waals surface area contributed by atoms with Gasteiger partial charge in [-0.3, -0.25) is 48.3 Å². The van der Waals surface area contributed by atoms with E-state index in [0.29, 0.717) is 121 Å². The molecule has 0 spiro atoms. The van der Waals surface area contributed by atoms with E-state index in [-0.39, 0.29) is 75.0 Å². The van der Waals surface area contributed by atoms with E-state index in [1.165, 1.54) is 9.80 Å². The molecule has 6 atom stereocenters. The van der Waals surface area contributed by atoms with E-state index in [0.717, 1.165) is 32.7 Å². The minimum absolute atomic E-state index is 0.0327. The van der Waals surface area contributed by atoms with Crippen LogP contribution < -0.4 is 62.3 Å². The summed E-state index contributed by atoms with van der Waals surface area (Å²) in [6.45, 7) is 5.45. The highest BCUT2D eigenvalue weighted by Gasteiger charge is 2.42. The summed E-state index contributed by atoms with van der Waals surface area (Å²) in [6, 6.07) is 22.3. The maximum atomic E-state index is 15.3. The van der Waals surface area contributed by atoms with Gasteiger partial charge in [-0.15, -0.1) is 0 Å². The van der Waals surface area contributed by atoms with Crippen molar-refractivity contribution in [2.45, 2.75) is 114 Å². The second-order valence-corrected chi connectivity index (χ2v) is 25.4. The predicted octanol–water partition coefficient (Wildman–Crippen LogP) is 4.01. The molecule has 4 aliphatic heterocycles. The van der Waals surface area contributed by atoms with E-state index >= 15 is 9.59 Å². The number of ether oxygens (including phenoxy) is 4. The molecule has 0 saturated carbocycles. The van der Waals surface area contributed by atoms with Gasteiger partial charge in [-0.25, -0.2) is 0 Å². The fraction of sp³-hybridized carbons (Fsp3) is 0.424. The van der Waals surface area contributed by atoms with Crippen LogP contribution in [0, 0.1) is 0 Å². The van der Waals surface area contributed by atoms with Crippen LogP contribution in [0.4, 0.5) is 0 Å². The molecule has 0 radical (unpaired) electrons. The van der Waals surface area contributed by atoms with Gasteiger partial charge in [0.05, 0.1) is 33.5 Å². The number of fused-ring (bicyclic) bond motifs is 4. The Bertz CT molecular complexity index is 3450. The highest BCUT2D eigenvalue weighted by atomic mass is 33.1. The third-order valence-electron chi connectivity index (χ3n) is 16.6. The van der Waals surface area contributed by atoms with Gasteiger partial charge in [0.15, 0.2) is 23.0 Å². The van der Waals surface area contributed by atoms with Crippen LogP contribution >= 0.6 is 21.6 Å². The van der Waals surface area contributed by atoms with Crippen molar-refractivity contribution in [3.05, 3.63) is 131 Å². The Hall–Kier alpha value is -8.72. The SMILES string of the molecule is CCc1nc2cc3c(cc2cc1C(=O)N[C@@H](CSSC[C@H](NC(=O)c1cc2cc4c(cc2nc1CC)OCO4)C(=O)N1CCC[C@H]1C(=O)N[C@@H](Cc1ccccc1)C(=O)NCCCN)C(=O)N1CCC[C@H]1C(=O)N[C@@H](Cc1ccccc1)C(=O)NCCCN)OCO3. The Labute approximate surface area is 540 Å². The molecular weight excluding hydrogens is 1220 g/mol. The topological polar surface area (TPSA) is 330 Å². The van der Waals surface area contributed by atoms with E-state index in [1.807, 2.05) is 74.5 Å². The summed E-state index contributed by atoms with van der Waals surface area (Å²) in [7, 11) is 2.32. The molecule has 4 aromatic carbocycles. The van der Waals surface area contributed by atoms with Gasteiger partial charge in [0, 0.05) is 73.4 Å². The normalized spacial score (nSPS) is 16.8. The molecule has 0 bridgehead atoms. The van der Waals surface area contributed by atoms with E-state index in [2.05, 4.69) is 31.9 Å². The fourth-order valence-electron chi connectivity index (χ4n) is 11.7. The van der Waals surface area contributed by atoms with Crippen LogP contribution in [0.15, 0.2) is 97.1 Å². The molecule has 10 N–H and O–H groups in total. The number of amides is 8. The summed E-state index contributed by atoms with van der Waals surface area (Å²) in [5, 5.41) is 18.8. The number of aromatic nitrogens is 2. The van der Waals surface area contributed by atoms with Gasteiger partial charge >= 0.3 is 0 Å². The number of carbonyl (C=O) groups excluding carboxylic acids is 8. The first-order valence-corrected chi connectivity index (χ1v) is 33.8. The maximum Gasteiger partial charge on any atom is 0.253 e. The van der Waals surface area contributed by atoms with Crippen LogP contribution in [0.25, 0.3) is 21.8 Å². The molecule has 26 heteroatoms. The Morgan fingerprint density at radius 1 is 0.533 bits per heavy atom. The van der Waals surface area contributed by atoms with Crippen molar-refractivity contribution in [3.8, 4) is 23.0 Å². The number of pyridine rings is 2. The lowest BCUT2D eigenvalue weighted by Gasteiger charge is -2.30. The van der Waals surface area contributed by atoms with Crippen LogP contribution in [0.1, 0.15) is 95.6 Å². The Kier molecular flexibility index (Phi) is 22.7. The molecule has 486 valence electrons. The number of nitrogens with two attached hydrogens (primary N) is 2. The van der Waals surface area contributed by atoms with Gasteiger partial charge in [-0.2, -0.15) is 0 Å². The van der Waals surface area contributed by atoms with Crippen molar-refractivity contribution in [3.63, 3.8) is 0 Å². The Morgan fingerprint density at radius 2 is 0.924 bits per heavy atom. The zero-order valence-electron chi connectivity index (χ0n) is 51.5. The third kappa shape index (κ3) is 16.1. The van der Waals surface area contributed by atoms with Crippen molar-refractivity contribution in [1.29, 1.82) is 0 Å². The summed E-state index contributed by atoms with van der Waals surface area (Å²) in [5.41, 5.74) is 15.6. The summed E-state index contributed by atoms with van der Waals surface area (Å²) in [6.07, 6.45) is 3.60. The smallest absolute Gasteiger partial charge is 0.253 e. The molecule has 4 aliphatic rings. The lowest BCUT2D eigenvalue weighted by Crippen LogP contribution is -2.57. The summed E-state index contributed by atoms with van der Waals surface area (Å²) in [5.74, 6) is -2.36. The molecule has 92 heavy (non-hydrogen) atoms. The van der Waals surface area contributed by atoms with Crippen molar-refractivity contribution < 1.29 is 57.3 Å². The lowest BCUT2D eigenvalue weighted by atomic mass is 10.0. The number of nitrogens with one attached hydrogen (secondary N) is 6. The number of benzene rings is 4. The largest absolute Gasteiger partial charge is 0.454 e. The van der Waals surface area contributed by atoms with E-state index in [1.54, 1.807) is 36.4 Å². The highest BCUT2D eigenvalue weighted by molar-refractivity contribution is 8.76. The highest BCUT2D eigenvalue weighted by Crippen LogP contribution is 2.38. The zero-order valence-corrected chi connectivity index (χ0v) is 53.1. The Morgan fingerprint density at radius 3 is 1.30 bits per heavy atom. The van der Waals surface area contributed by atoms with Crippen LogP contribution in [-0.4, -0.2) is 168 Å². The quantitative estimate of drug-likeness (QED) is 0.0243. The van der Waals surface area contributed by atoms with Crippen molar-refractivity contribution in [1.82, 2.24) is 51.7 Å². The molecule has 8 amide bonds. The molecule has 0 unspecified atom stereocenters. The predicted molar refractivity (Wildman–Crippen MR) is 349 cm³/mol. The minimum Gasteiger partial charge on any atom is -0.454 e. The van der Waals surface area contributed by atoms with Gasteiger partial charge in [-0.1, -0.05) is 96.1 Å². The molecule has 2 fully saturated rings. The van der Waals surface area contributed by atoms with Gasteiger partial charge < -0.3 is 72.1 Å². The zero-order chi connectivity index (χ0) is 64.7. The average molecular weight is 1300 g/mol. The summed E-state index contributed by atoms with van der Waals surface area (Å²) >= 11 is 0. The first kappa shape index (κ1) is 66.2. The van der Waals surface area contributed by atoms with Crippen LogP contribution in [0.2, 0.25) is 0 Å². The van der Waals surface area contributed by atoms with E-state index in [4.69, 9.17) is 40.4 Å². The summed E-state index contributed by atoms with van der Waals surface area (Å²) < 4.78 is 22.5. The first-order chi connectivity index (χ1) is 44.7. The molecule has 0 aliphatic carbocycles. The molecule has 10 rings (SSSR count). The molecule has 2 saturated heterocycles. The van der Waals surface area contributed by atoms with Crippen molar-refractivity contribution >= 4 is 90.7 Å². The van der Waals surface area contributed by atoms with E-state index < -0.39 is 83.5 Å². The van der Waals surface area contributed by atoms with Gasteiger partial charge in [0.25, 0.3) is 11.8 Å². The molecule has 2 aromatic heterocycles. The standard InChI is InChI=1S/C66H78N12O12S2/c1-3-45-43(29-41-31-55-57(89-37-87-55)33-47(41)71-45)59(79)75-51(65(85)77-25-11-19-53(77)63(83)73-49(61(81)69-23-13-21-67)27-39-15-7-5-8-16-39)35-91-92-36-52(76-60(80)44-30-42-32-56-58(90-38-88-56)34-48(42)72-46(44)4-2)66(86)78-26-12-20-54(78)64(84)74-50(62(82)70-24-14-22-68)28-40-17-9-6-10-18-40/h5-10,15-18,29-34,49-54H,3-4,11-14,19-28,35-38,67-68H2,1-2H3,(H,69,81)(H,70,82)(H,73,83)(H,74,84)(H,75,79)(H,76,80)/t49-,50-,51-,52-,53-,54-/m0/s1. The monoisotopic (exact) mass is 1290 g/mol. The van der Waals surface area contributed by atoms with Crippen LogP contribution in [0.5, 0.6) is 23.0 Å². The second-order valence-electron chi connectivity index (χ2n) is 22.8. The fourth-order valence-corrected chi connectivity index (χ4v) is 14.0. The number of rotatable bonds is 29. The average Bonchev–Trinajstić information content (AvgIpc) is 1.38. The molecule has 6 aromatic rings. The van der Waals surface area contributed by atoms with Gasteiger partial charge in [-0.05, 0) is 99.8 Å². The Balaban J connectivity index is 0.920. The van der Waals surface area contributed by atoms with Gasteiger partial charge in [0.1, 0.15) is 36.3 Å². The van der Waals surface area contributed by atoms with Crippen molar-refractivity contribution in [2.75, 3.05) is 64.4 Å². The lowest BCUT2D eigenvalue weighted by molar-refractivity contribution is -0.140. The number of carbonyl (C=O) groups is 8. The number of hydrogen-bond donors (Lipinski definition) is 8. The molecule has 24 nitrogen and oxygen atoms in total. The van der Waals surface area contributed by atoms with Gasteiger partial charge in [0.2, 0.25) is 49.0 Å². The molecular formula is C66H78N12O12S2. The van der Waals surface area contributed by atoms with Crippen molar-refractivity contribution in [2.24, 2.45) is 11.5 Å². The van der Waals surface area contributed by atoms with Crippen LogP contribution in [-0.2, 0) is 54.5 Å². The molecule has 6 heterocycles. The number of likely N-dealkylation sites (tertiary alicyclic amines) is 2. The number of nitrogens with zero attached hydrogens (tertiary/aromatic N) is 4. The minimum atomic E-state index is -1.27. The second kappa shape index (κ2) is 31.5. The number of hydrogen-bond acceptors (Lipinski definition) is 18. The summed E-state index contributed by atoms with van der Waals surface area (Å²) in [4.78, 5) is 129. The van der Waals surface area contributed by atoms with Crippen LogP contribution in [0.3, 0.4) is 0 Å². The van der Waals surface area contributed by atoms with E-state index in [9.17, 15) is 28.8 Å². The maximum absolute atomic E-state index is 15.3. The number of aryl methyl sites for hydroxylation is 2. The first-order valence-electron chi connectivity index (χ1n) is 31.3.